The molecule has 0 unspecified atom stereocenters. The predicted molar refractivity (Wildman–Crippen MR) is 37.2 cm³/mol. The normalized spacial score (nSPS) is 41.5. The summed E-state index contributed by atoms with van der Waals surface area (Å²) in [4.78, 5) is 0. The van der Waals surface area contributed by atoms with Gasteiger partial charge in [-0.25, -0.2) is 13.8 Å². The SMILES string of the molecule is Cl.[2H]C1([2H])CC(F)(F)CC([2H])([2H])N1N. The number of alkyl halides is 2. The molecule has 62 valence electrons. The molecule has 2 N–H and O–H groups in total. The minimum Gasteiger partial charge on any atom is -0.269 e. The molecule has 10 heavy (non-hydrogen) atoms. The monoisotopic (exact) mass is 176 g/mol. The van der Waals surface area contributed by atoms with E-state index in [0.717, 1.165) is 0 Å². The second kappa shape index (κ2) is 3.46. The first-order valence-corrected chi connectivity index (χ1v) is 2.50. The van der Waals surface area contributed by atoms with Gasteiger partial charge in [-0.3, -0.25) is 5.84 Å². The number of hydrogen-bond donors (Lipinski definition) is 1. The van der Waals surface area contributed by atoms with Crippen LogP contribution in [0.1, 0.15) is 18.3 Å². The van der Waals surface area contributed by atoms with Gasteiger partial charge in [-0.05, 0) is 0 Å². The summed E-state index contributed by atoms with van der Waals surface area (Å²) in [5.41, 5.74) is 0. The lowest BCUT2D eigenvalue weighted by Gasteiger charge is -2.27. The van der Waals surface area contributed by atoms with Crippen molar-refractivity contribution < 1.29 is 14.3 Å². The first-order chi connectivity index (χ1) is 5.57. The van der Waals surface area contributed by atoms with Crippen LogP contribution < -0.4 is 5.84 Å². The Balaban J connectivity index is 0.00000169. The molecule has 0 saturated carbocycles. The minimum absolute atomic E-state index is 0. The molecule has 1 aliphatic rings. The van der Waals surface area contributed by atoms with E-state index in [4.69, 9.17) is 11.3 Å². The van der Waals surface area contributed by atoms with E-state index in [-0.39, 0.29) is 17.4 Å². The topological polar surface area (TPSA) is 29.3 Å². The number of halogens is 3. The minimum atomic E-state index is -3.34. The van der Waals surface area contributed by atoms with Gasteiger partial charge in [-0.15, -0.1) is 12.4 Å². The number of hydrazine groups is 1. The van der Waals surface area contributed by atoms with E-state index in [1.165, 1.54) is 0 Å². The average molecular weight is 177 g/mol. The molecule has 1 heterocycles. The number of nitrogens with two attached hydrogens (primary N) is 1. The molecule has 1 fully saturated rings. The molecule has 0 atom stereocenters. The maximum absolute atomic E-state index is 12.8. The van der Waals surface area contributed by atoms with Crippen molar-refractivity contribution in [2.75, 3.05) is 13.0 Å². The second-order valence-electron chi connectivity index (χ2n) is 1.90. The average Bonchev–Trinajstić information content (AvgIpc) is 1.77. The first kappa shape index (κ1) is 4.85. The molecule has 0 spiro atoms. The van der Waals surface area contributed by atoms with Crippen LogP contribution >= 0.6 is 12.4 Å². The Bertz CT molecular complexity index is 206. The van der Waals surface area contributed by atoms with Crippen molar-refractivity contribution in [3.05, 3.63) is 0 Å². The van der Waals surface area contributed by atoms with E-state index in [1.807, 2.05) is 0 Å². The highest BCUT2D eigenvalue weighted by Crippen LogP contribution is 2.25. The molecule has 0 aromatic heterocycles. The van der Waals surface area contributed by atoms with Gasteiger partial charge in [0.1, 0.15) is 0 Å². The largest absolute Gasteiger partial charge is 0.269 e. The Morgan fingerprint density at radius 1 is 1.40 bits per heavy atom. The van der Waals surface area contributed by atoms with Crippen LogP contribution in [0.3, 0.4) is 0 Å². The second-order valence-corrected chi connectivity index (χ2v) is 1.90. The van der Waals surface area contributed by atoms with Gasteiger partial charge in [0.25, 0.3) is 5.92 Å². The quantitative estimate of drug-likeness (QED) is 0.559. The van der Waals surface area contributed by atoms with Crippen LogP contribution in [0.5, 0.6) is 0 Å². The summed E-state index contributed by atoms with van der Waals surface area (Å²) in [5, 5.41) is 0.220. The molecule has 1 aliphatic heterocycles. The van der Waals surface area contributed by atoms with Crippen molar-refractivity contribution >= 4 is 12.4 Å². The molecule has 0 aromatic carbocycles. The zero-order chi connectivity index (χ0) is 10.5. The Morgan fingerprint density at radius 3 is 2.20 bits per heavy atom. The van der Waals surface area contributed by atoms with Gasteiger partial charge in [0, 0.05) is 31.3 Å². The fraction of sp³-hybridized carbons (Fsp3) is 1.00. The van der Waals surface area contributed by atoms with Gasteiger partial charge in [0.05, 0.1) is 0 Å². The lowest BCUT2D eigenvalue weighted by molar-refractivity contribution is -0.0554. The summed E-state index contributed by atoms with van der Waals surface area (Å²) in [6.45, 7) is -5.02. The Kier molecular flexibility index (Phi) is 1.68. The third-order valence-electron chi connectivity index (χ3n) is 1.02. The Labute approximate surface area is 70.4 Å². The summed E-state index contributed by atoms with van der Waals surface area (Å²) >= 11 is 0. The number of hydrogen-bond acceptors (Lipinski definition) is 2. The van der Waals surface area contributed by atoms with E-state index in [9.17, 15) is 8.78 Å². The van der Waals surface area contributed by atoms with Crippen LogP contribution in [-0.2, 0) is 0 Å². The first-order valence-electron chi connectivity index (χ1n) is 4.50. The molecule has 1 rings (SSSR count). The summed E-state index contributed by atoms with van der Waals surface area (Å²) in [6, 6.07) is 0. The molecule has 0 aromatic rings. The van der Waals surface area contributed by atoms with Crippen LogP contribution in [0.4, 0.5) is 8.78 Å². The molecule has 2 nitrogen and oxygen atoms in total. The highest BCUT2D eigenvalue weighted by atomic mass is 35.5. The van der Waals surface area contributed by atoms with E-state index in [0.29, 0.717) is 0 Å². The van der Waals surface area contributed by atoms with Crippen molar-refractivity contribution in [1.29, 1.82) is 0 Å². The van der Waals surface area contributed by atoms with Crippen LogP contribution in [0, 0.1) is 0 Å². The Morgan fingerprint density at radius 2 is 1.80 bits per heavy atom. The van der Waals surface area contributed by atoms with E-state index < -0.39 is 31.8 Å². The predicted octanol–water partition coefficient (Wildman–Crippen LogP) is 1.01. The van der Waals surface area contributed by atoms with Crippen LogP contribution in [0.15, 0.2) is 0 Å². The fourth-order valence-electron chi connectivity index (χ4n) is 0.520. The highest BCUT2D eigenvalue weighted by molar-refractivity contribution is 5.85. The van der Waals surface area contributed by atoms with Crippen molar-refractivity contribution in [1.82, 2.24) is 5.01 Å². The van der Waals surface area contributed by atoms with Crippen molar-refractivity contribution in [2.24, 2.45) is 5.84 Å². The maximum atomic E-state index is 12.8. The van der Waals surface area contributed by atoms with E-state index >= 15 is 0 Å². The summed E-state index contributed by atoms with van der Waals surface area (Å²) in [6.07, 6.45) is -2.15. The van der Waals surface area contributed by atoms with Gasteiger partial charge in [-0.2, -0.15) is 0 Å². The van der Waals surface area contributed by atoms with Crippen molar-refractivity contribution in [3.8, 4) is 0 Å². The molecule has 0 radical (unpaired) electrons. The standard InChI is InChI=1S/C5H10F2N2.ClH/c6-5(7)1-3-9(8)4-2-5;/h1-4,8H2;1H/i3D2,4D2;. The lowest BCUT2D eigenvalue weighted by Crippen LogP contribution is -2.43. The molecular weight excluding hydrogens is 162 g/mol. The number of piperidine rings is 1. The van der Waals surface area contributed by atoms with Crippen LogP contribution in [0.25, 0.3) is 0 Å². The molecule has 0 bridgehead atoms. The van der Waals surface area contributed by atoms with Gasteiger partial charge in [0.15, 0.2) is 0 Å². The molecule has 0 amide bonds. The van der Waals surface area contributed by atoms with Gasteiger partial charge < -0.3 is 0 Å². The molecule has 5 heteroatoms. The van der Waals surface area contributed by atoms with Crippen molar-refractivity contribution in [3.63, 3.8) is 0 Å². The molecule has 0 aliphatic carbocycles. The third kappa shape index (κ3) is 2.77. The fourth-order valence-corrected chi connectivity index (χ4v) is 0.520. The lowest BCUT2D eigenvalue weighted by atomic mass is 10.1. The summed E-state index contributed by atoms with van der Waals surface area (Å²) < 4.78 is 54.0. The highest BCUT2D eigenvalue weighted by Gasteiger charge is 2.32. The molecule has 1 saturated heterocycles. The summed E-state index contributed by atoms with van der Waals surface area (Å²) in [5.74, 6) is 1.72. The maximum Gasteiger partial charge on any atom is 0.250 e. The van der Waals surface area contributed by atoms with E-state index in [2.05, 4.69) is 0 Å². The number of nitrogens with zero attached hydrogens (tertiary/aromatic N) is 1. The zero-order valence-electron chi connectivity index (χ0n) is 9.10. The molecular formula is C5H11ClF2N2. The number of rotatable bonds is 0. The summed E-state index contributed by atoms with van der Waals surface area (Å²) in [7, 11) is 0. The van der Waals surface area contributed by atoms with Gasteiger partial charge in [-0.1, -0.05) is 0 Å². The van der Waals surface area contributed by atoms with Crippen LogP contribution in [-0.4, -0.2) is 23.9 Å². The smallest absolute Gasteiger partial charge is 0.250 e. The Hall–Kier alpha value is 0.0700. The zero-order valence-corrected chi connectivity index (χ0v) is 5.92. The van der Waals surface area contributed by atoms with Gasteiger partial charge >= 0.3 is 0 Å². The van der Waals surface area contributed by atoms with Crippen LogP contribution in [0.2, 0.25) is 0 Å². The van der Waals surface area contributed by atoms with E-state index in [1.54, 1.807) is 0 Å². The third-order valence-corrected chi connectivity index (χ3v) is 1.02. The van der Waals surface area contributed by atoms with Crippen molar-refractivity contribution in [2.45, 2.75) is 18.8 Å². The van der Waals surface area contributed by atoms with Gasteiger partial charge in [0.2, 0.25) is 0 Å².